The van der Waals surface area contributed by atoms with E-state index in [9.17, 15) is 9.59 Å². The van der Waals surface area contributed by atoms with Crippen LogP contribution in [-0.4, -0.2) is 25.2 Å². The van der Waals surface area contributed by atoms with Crippen molar-refractivity contribution in [1.29, 1.82) is 0 Å². The van der Waals surface area contributed by atoms with Crippen molar-refractivity contribution in [1.82, 2.24) is 0 Å². The standard InChI is InChI=1S/C34H34N2O5/c1-24(2)33(37)40-23-9-5-4-8-22-39-28-18-14-26(15-19-28)34(38)41-32-21-20-31(29-10-6-7-11-30(29)32)36-35-27-16-12-25(3)13-17-27/h6-7,10-21H,1,4-5,8-9,22-23H2,2-3H3. The van der Waals surface area contributed by atoms with Gasteiger partial charge in [0.1, 0.15) is 11.5 Å². The van der Waals surface area contributed by atoms with Gasteiger partial charge >= 0.3 is 11.9 Å². The summed E-state index contributed by atoms with van der Waals surface area (Å²) in [6.45, 7) is 8.20. The number of carbonyl (C=O) groups excluding carboxylic acids is 2. The molecule has 41 heavy (non-hydrogen) atoms. The maximum Gasteiger partial charge on any atom is 0.343 e. The number of aryl methyl sites for hydroxylation is 1. The smallest absolute Gasteiger partial charge is 0.343 e. The Morgan fingerprint density at radius 3 is 2.15 bits per heavy atom. The van der Waals surface area contributed by atoms with Crippen LogP contribution < -0.4 is 9.47 Å². The van der Waals surface area contributed by atoms with Crippen LogP contribution in [0.5, 0.6) is 11.5 Å². The molecule has 0 saturated heterocycles. The fourth-order valence-corrected chi connectivity index (χ4v) is 4.04. The van der Waals surface area contributed by atoms with Gasteiger partial charge in [-0.1, -0.05) is 48.5 Å². The van der Waals surface area contributed by atoms with Gasteiger partial charge in [-0.15, -0.1) is 5.11 Å². The first-order valence-corrected chi connectivity index (χ1v) is 13.7. The largest absolute Gasteiger partial charge is 0.494 e. The molecular weight excluding hydrogens is 516 g/mol. The molecule has 0 aromatic heterocycles. The lowest BCUT2D eigenvalue weighted by Crippen LogP contribution is -2.08. The number of hydrogen-bond acceptors (Lipinski definition) is 7. The molecule has 4 rings (SSSR count). The Hall–Kier alpha value is -4.78. The summed E-state index contributed by atoms with van der Waals surface area (Å²) in [7, 11) is 0. The van der Waals surface area contributed by atoms with E-state index < -0.39 is 5.97 Å². The van der Waals surface area contributed by atoms with Crippen molar-refractivity contribution >= 4 is 34.1 Å². The van der Waals surface area contributed by atoms with E-state index in [0.717, 1.165) is 47.7 Å². The summed E-state index contributed by atoms with van der Waals surface area (Å²) in [6, 6.07) is 25.9. The molecule has 0 bridgehead atoms. The number of unbranched alkanes of at least 4 members (excludes halogenated alkanes) is 3. The number of hydrogen-bond donors (Lipinski definition) is 0. The van der Waals surface area contributed by atoms with Gasteiger partial charge in [0.25, 0.3) is 0 Å². The second-order valence-electron chi connectivity index (χ2n) is 9.76. The van der Waals surface area contributed by atoms with E-state index in [0.29, 0.717) is 41.5 Å². The average molecular weight is 551 g/mol. The van der Waals surface area contributed by atoms with Crippen molar-refractivity contribution in [3.05, 3.63) is 108 Å². The Kier molecular flexibility index (Phi) is 10.4. The van der Waals surface area contributed by atoms with E-state index in [2.05, 4.69) is 16.8 Å². The molecule has 4 aromatic rings. The van der Waals surface area contributed by atoms with Gasteiger partial charge in [-0.05, 0) is 88.1 Å². The molecule has 0 N–H and O–H groups in total. The lowest BCUT2D eigenvalue weighted by molar-refractivity contribution is -0.139. The highest BCUT2D eigenvalue weighted by molar-refractivity contribution is 5.99. The lowest BCUT2D eigenvalue weighted by Gasteiger charge is -2.10. The maximum atomic E-state index is 12.9. The number of fused-ring (bicyclic) bond motifs is 1. The van der Waals surface area contributed by atoms with Gasteiger partial charge < -0.3 is 14.2 Å². The molecule has 0 radical (unpaired) electrons. The summed E-state index contributed by atoms with van der Waals surface area (Å²) < 4.78 is 16.7. The molecular formula is C34H34N2O5. The Balaban J connectivity index is 1.28. The zero-order chi connectivity index (χ0) is 29.0. The van der Waals surface area contributed by atoms with Crippen LogP contribution in [0.2, 0.25) is 0 Å². The Bertz CT molecular complexity index is 1530. The number of esters is 2. The Morgan fingerprint density at radius 2 is 1.44 bits per heavy atom. The summed E-state index contributed by atoms with van der Waals surface area (Å²) in [5.41, 5.74) is 3.45. The molecule has 0 aliphatic carbocycles. The second kappa shape index (κ2) is 14.6. The summed E-state index contributed by atoms with van der Waals surface area (Å²) in [4.78, 5) is 24.3. The summed E-state index contributed by atoms with van der Waals surface area (Å²) >= 11 is 0. The molecule has 0 heterocycles. The molecule has 210 valence electrons. The maximum absolute atomic E-state index is 12.9. The zero-order valence-electron chi connectivity index (χ0n) is 23.5. The minimum absolute atomic E-state index is 0.344. The first-order valence-electron chi connectivity index (χ1n) is 13.7. The molecule has 0 aliphatic rings. The predicted octanol–water partition coefficient (Wildman–Crippen LogP) is 8.84. The fourth-order valence-electron chi connectivity index (χ4n) is 4.04. The van der Waals surface area contributed by atoms with Crippen LogP contribution in [0.25, 0.3) is 10.8 Å². The third kappa shape index (κ3) is 8.60. The summed E-state index contributed by atoms with van der Waals surface area (Å²) in [5, 5.41) is 10.4. The molecule has 0 saturated carbocycles. The highest BCUT2D eigenvalue weighted by Crippen LogP contribution is 2.34. The fraction of sp³-hybridized carbons (Fsp3) is 0.235. The molecule has 0 aliphatic heterocycles. The first kappa shape index (κ1) is 29.2. The molecule has 7 nitrogen and oxygen atoms in total. The first-order chi connectivity index (χ1) is 19.9. The molecule has 0 spiro atoms. The van der Waals surface area contributed by atoms with Crippen LogP contribution in [0.3, 0.4) is 0 Å². The van der Waals surface area contributed by atoms with E-state index in [1.807, 2.05) is 55.5 Å². The summed E-state index contributed by atoms with van der Waals surface area (Å²) in [5.74, 6) is 0.340. The van der Waals surface area contributed by atoms with Gasteiger partial charge in [0.15, 0.2) is 0 Å². The van der Waals surface area contributed by atoms with Crippen LogP contribution in [0, 0.1) is 6.92 Å². The monoisotopic (exact) mass is 550 g/mol. The van der Waals surface area contributed by atoms with E-state index in [4.69, 9.17) is 14.2 Å². The molecule has 0 unspecified atom stereocenters. The van der Waals surface area contributed by atoms with Crippen LogP contribution in [-0.2, 0) is 9.53 Å². The zero-order valence-corrected chi connectivity index (χ0v) is 23.5. The van der Waals surface area contributed by atoms with Crippen LogP contribution >= 0.6 is 0 Å². The molecule has 4 aromatic carbocycles. The third-order valence-corrected chi connectivity index (χ3v) is 6.35. The van der Waals surface area contributed by atoms with E-state index >= 15 is 0 Å². The van der Waals surface area contributed by atoms with Crippen LogP contribution in [0.1, 0.15) is 48.5 Å². The number of azo groups is 1. The lowest BCUT2D eigenvalue weighted by atomic mass is 10.1. The topological polar surface area (TPSA) is 86.5 Å². The number of carbonyl (C=O) groups is 2. The quantitative estimate of drug-likeness (QED) is 0.0546. The van der Waals surface area contributed by atoms with Gasteiger partial charge in [-0.25, -0.2) is 9.59 Å². The van der Waals surface area contributed by atoms with Gasteiger partial charge in [-0.2, -0.15) is 5.11 Å². The van der Waals surface area contributed by atoms with E-state index in [1.165, 1.54) is 0 Å². The molecule has 0 amide bonds. The number of benzene rings is 4. The van der Waals surface area contributed by atoms with Crippen molar-refractivity contribution in [2.75, 3.05) is 13.2 Å². The Labute approximate surface area is 240 Å². The van der Waals surface area contributed by atoms with Gasteiger partial charge in [0, 0.05) is 16.3 Å². The Morgan fingerprint density at radius 1 is 0.756 bits per heavy atom. The predicted molar refractivity (Wildman–Crippen MR) is 160 cm³/mol. The van der Waals surface area contributed by atoms with Gasteiger partial charge in [0.05, 0.1) is 30.2 Å². The minimum Gasteiger partial charge on any atom is -0.494 e. The molecule has 0 fully saturated rings. The van der Waals surface area contributed by atoms with Crippen molar-refractivity contribution < 1.29 is 23.8 Å². The van der Waals surface area contributed by atoms with Gasteiger partial charge in [-0.3, -0.25) is 0 Å². The summed E-state index contributed by atoms with van der Waals surface area (Å²) in [6.07, 6.45) is 3.61. The normalized spacial score (nSPS) is 11.0. The highest BCUT2D eigenvalue weighted by Gasteiger charge is 2.13. The van der Waals surface area contributed by atoms with E-state index in [1.54, 1.807) is 43.3 Å². The van der Waals surface area contributed by atoms with Crippen LogP contribution in [0.15, 0.2) is 107 Å². The van der Waals surface area contributed by atoms with E-state index in [-0.39, 0.29) is 5.97 Å². The minimum atomic E-state index is -0.455. The number of nitrogens with zero attached hydrogens (tertiary/aromatic N) is 2. The average Bonchev–Trinajstić information content (AvgIpc) is 2.99. The van der Waals surface area contributed by atoms with Crippen molar-refractivity contribution in [2.45, 2.75) is 39.5 Å². The van der Waals surface area contributed by atoms with Crippen LogP contribution in [0.4, 0.5) is 11.4 Å². The molecule has 7 heteroatoms. The van der Waals surface area contributed by atoms with Crippen molar-refractivity contribution in [3.63, 3.8) is 0 Å². The second-order valence-corrected chi connectivity index (χ2v) is 9.76. The van der Waals surface area contributed by atoms with Gasteiger partial charge in [0.2, 0.25) is 0 Å². The third-order valence-electron chi connectivity index (χ3n) is 6.35. The number of ether oxygens (including phenoxy) is 3. The van der Waals surface area contributed by atoms with Crippen molar-refractivity contribution in [3.8, 4) is 11.5 Å². The SMILES string of the molecule is C=C(C)C(=O)OCCCCCCOc1ccc(C(=O)Oc2ccc(N=Nc3ccc(C)cc3)c3ccccc23)cc1. The highest BCUT2D eigenvalue weighted by atomic mass is 16.5. The number of rotatable bonds is 13. The molecule has 0 atom stereocenters. The van der Waals surface area contributed by atoms with Crippen molar-refractivity contribution in [2.24, 2.45) is 10.2 Å².